The number of amides is 1. The average molecular weight is 244 g/mol. The lowest BCUT2D eigenvalue weighted by Gasteiger charge is -2.28. The molecule has 100 valence electrons. The van der Waals surface area contributed by atoms with Crippen LogP contribution in [-0.2, 0) is 14.3 Å². The monoisotopic (exact) mass is 244 g/mol. The minimum atomic E-state index is -0.0277. The zero-order valence-electron chi connectivity index (χ0n) is 10.9. The molecule has 1 fully saturated rings. The van der Waals surface area contributed by atoms with Crippen molar-refractivity contribution >= 4 is 5.91 Å². The van der Waals surface area contributed by atoms with Gasteiger partial charge in [-0.3, -0.25) is 4.79 Å². The van der Waals surface area contributed by atoms with E-state index < -0.39 is 0 Å². The van der Waals surface area contributed by atoms with Crippen molar-refractivity contribution in [2.24, 2.45) is 5.92 Å². The van der Waals surface area contributed by atoms with Crippen molar-refractivity contribution in [1.29, 1.82) is 0 Å². The molecule has 0 aromatic heterocycles. The fourth-order valence-corrected chi connectivity index (χ4v) is 1.88. The van der Waals surface area contributed by atoms with Crippen LogP contribution in [0.2, 0.25) is 0 Å². The zero-order valence-corrected chi connectivity index (χ0v) is 10.9. The van der Waals surface area contributed by atoms with Gasteiger partial charge in [0, 0.05) is 13.7 Å². The molecule has 1 saturated heterocycles. The number of rotatable bonds is 7. The predicted octanol–water partition coefficient (Wildman–Crippen LogP) is 0.107. The third-order valence-electron chi connectivity index (χ3n) is 3.09. The normalized spacial score (nSPS) is 18.2. The smallest absolute Gasteiger partial charge is 0.246 e. The van der Waals surface area contributed by atoms with Crippen LogP contribution in [-0.4, -0.2) is 64.4 Å². The summed E-state index contributed by atoms with van der Waals surface area (Å²) in [6.45, 7) is 4.17. The van der Waals surface area contributed by atoms with Gasteiger partial charge in [0.2, 0.25) is 5.91 Å². The van der Waals surface area contributed by atoms with Crippen molar-refractivity contribution in [1.82, 2.24) is 10.2 Å². The quantitative estimate of drug-likeness (QED) is 0.646. The van der Waals surface area contributed by atoms with Gasteiger partial charge in [0.05, 0.1) is 13.2 Å². The molecular formula is C12H24N2O3. The number of piperidine rings is 1. The molecule has 0 atom stereocenters. The molecule has 0 aliphatic carbocycles. The molecule has 0 saturated carbocycles. The second kappa shape index (κ2) is 8.44. The molecule has 17 heavy (non-hydrogen) atoms. The van der Waals surface area contributed by atoms with Crippen LogP contribution in [0.4, 0.5) is 0 Å². The van der Waals surface area contributed by atoms with Crippen LogP contribution in [0.5, 0.6) is 0 Å². The molecule has 0 aromatic carbocycles. The van der Waals surface area contributed by atoms with Gasteiger partial charge in [0.1, 0.15) is 6.61 Å². The Bertz CT molecular complexity index is 216. The highest BCUT2D eigenvalue weighted by Gasteiger charge is 2.16. The number of ether oxygens (including phenoxy) is 2. The molecule has 0 bridgehead atoms. The molecule has 5 nitrogen and oxygen atoms in total. The fourth-order valence-electron chi connectivity index (χ4n) is 1.88. The van der Waals surface area contributed by atoms with E-state index in [1.165, 1.54) is 12.8 Å². The summed E-state index contributed by atoms with van der Waals surface area (Å²) in [7, 11) is 3.75. The maximum absolute atomic E-state index is 11.4. The van der Waals surface area contributed by atoms with Crippen LogP contribution in [0.1, 0.15) is 12.8 Å². The van der Waals surface area contributed by atoms with Gasteiger partial charge in [-0.25, -0.2) is 0 Å². The summed E-state index contributed by atoms with van der Waals surface area (Å²) in [5.74, 6) is 0.592. The Labute approximate surface area is 103 Å². The number of nitrogens with one attached hydrogen (secondary N) is 1. The Morgan fingerprint density at radius 2 is 2.06 bits per heavy atom. The van der Waals surface area contributed by atoms with Crippen LogP contribution in [0.3, 0.4) is 0 Å². The number of likely N-dealkylation sites (tertiary alicyclic amines) is 1. The van der Waals surface area contributed by atoms with Crippen LogP contribution < -0.4 is 5.32 Å². The third kappa shape index (κ3) is 6.61. The van der Waals surface area contributed by atoms with E-state index >= 15 is 0 Å². The molecule has 1 N–H and O–H groups in total. The van der Waals surface area contributed by atoms with E-state index in [0.29, 0.717) is 19.1 Å². The second-order valence-corrected chi connectivity index (χ2v) is 4.60. The van der Waals surface area contributed by atoms with Crippen LogP contribution in [0, 0.1) is 5.92 Å². The summed E-state index contributed by atoms with van der Waals surface area (Å²) >= 11 is 0. The Kier molecular flexibility index (Phi) is 7.16. The molecule has 0 aromatic rings. The highest BCUT2D eigenvalue weighted by Crippen LogP contribution is 2.14. The van der Waals surface area contributed by atoms with E-state index in [4.69, 9.17) is 9.47 Å². The lowest BCUT2D eigenvalue weighted by molar-refractivity contribution is -0.126. The largest absolute Gasteiger partial charge is 0.382 e. The minimum Gasteiger partial charge on any atom is -0.382 e. The third-order valence-corrected chi connectivity index (χ3v) is 3.09. The molecular weight excluding hydrogens is 220 g/mol. The minimum absolute atomic E-state index is 0.0277. The molecule has 5 heteroatoms. The van der Waals surface area contributed by atoms with Crippen molar-refractivity contribution in [2.45, 2.75) is 12.8 Å². The van der Waals surface area contributed by atoms with E-state index in [0.717, 1.165) is 19.6 Å². The number of hydrogen-bond donors (Lipinski definition) is 1. The number of carbonyl (C=O) groups excluding carboxylic acids is 1. The molecule has 1 aliphatic heterocycles. The lowest BCUT2D eigenvalue weighted by atomic mass is 9.97. The maximum atomic E-state index is 11.4. The lowest BCUT2D eigenvalue weighted by Crippen LogP contribution is -2.38. The molecule has 0 spiro atoms. The summed E-state index contributed by atoms with van der Waals surface area (Å²) in [6, 6.07) is 0. The molecule has 1 aliphatic rings. The first-order valence-electron chi connectivity index (χ1n) is 6.24. The molecule has 1 heterocycles. The molecule has 0 unspecified atom stereocenters. The Morgan fingerprint density at radius 3 is 2.71 bits per heavy atom. The van der Waals surface area contributed by atoms with Crippen molar-refractivity contribution in [3.05, 3.63) is 0 Å². The highest BCUT2D eigenvalue weighted by molar-refractivity contribution is 5.77. The second-order valence-electron chi connectivity index (χ2n) is 4.60. The van der Waals surface area contributed by atoms with Crippen molar-refractivity contribution in [3.63, 3.8) is 0 Å². The highest BCUT2D eigenvalue weighted by atomic mass is 16.5. The van der Waals surface area contributed by atoms with E-state index in [1.807, 2.05) is 0 Å². The van der Waals surface area contributed by atoms with Gasteiger partial charge in [-0.1, -0.05) is 0 Å². The van der Waals surface area contributed by atoms with Crippen LogP contribution in [0.25, 0.3) is 0 Å². The predicted molar refractivity (Wildman–Crippen MR) is 65.9 cm³/mol. The Morgan fingerprint density at radius 1 is 1.35 bits per heavy atom. The number of nitrogens with zero attached hydrogens (tertiary/aromatic N) is 1. The topological polar surface area (TPSA) is 50.8 Å². The first-order valence-corrected chi connectivity index (χ1v) is 6.24. The van der Waals surface area contributed by atoms with Gasteiger partial charge in [-0.2, -0.15) is 0 Å². The summed E-state index contributed by atoms with van der Waals surface area (Å²) in [4.78, 5) is 13.8. The van der Waals surface area contributed by atoms with Gasteiger partial charge in [0.15, 0.2) is 0 Å². The van der Waals surface area contributed by atoms with Crippen LogP contribution in [0.15, 0.2) is 0 Å². The van der Waals surface area contributed by atoms with E-state index in [-0.39, 0.29) is 12.5 Å². The maximum Gasteiger partial charge on any atom is 0.246 e. The molecule has 0 radical (unpaired) electrons. The van der Waals surface area contributed by atoms with Gasteiger partial charge < -0.3 is 19.7 Å². The Hall–Kier alpha value is -0.650. The van der Waals surface area contributed by atoms with Crippen LogP contribution >= 0.6 is 0 Å². The SMILES string of the molecule is COCCOCC(=O)NCC1CCN(C)CC1. The molecule has 1 rings (SSSR count). The standard InChI is InChI=1S/C12H24N2O3/c1-14-5-3-11(4-6-14)9-13-12(15)10-17-8-7-16-2/h11H,3-10H2,1-2H3,(H,13,15). The van der Waals surface area contributed by atoms with Gasteiger partial charge in [-0.05, 0) is 38.9 Å². The first-order chi connectivity index (χ1) is 8.22. The van der Waals surface area contributed by atoms with Crippen molar-refractivity contribution in [3.8, 4) is 0 Å². The van der Waals surface area contributed by atoms with E-state index in [9.17, 15) is 4.79 Å². The summed E-state index contributed by atoms with van der Waals surface area (Å²) in [5.41, 5.74) is 0. The summed E-state index contributed by atoms with van der Waals surface area (Å²) in [5, 5.41) is 2.92. The Balaban J connectivity index is 1.99. The summed E-state index contributed by atoms with van der Waals surface area (Å²) in [6.07, 6.45) is 2.34. The van der Waals surface area contributed by atoms with E-state index in [2.05, 4.69) is 17.3 Å². The first kappa shape index (κ1) is 14.4. The molecule has 1 amide bonds. The van der Waals surface area contributed by atoms with Crippen molar-refractivity contribution in [2.75, 3.05) is 53.6 Å². The van der Waals surface area contributed by atoms with Gasteiger partial charge >= 0.3 is 0 Å². The average Bonchev–Trinajstić information content (AvgIpc) is 2.34. The van der Waals surface area contributed by atoms with Gasteiger partial charge in [0.25, 0.3) is 0 Å². The fraction of sp³-hybridized carbons (Fsp3) is 0.917. The number of hydrogen-bond acceptors (Lipinski definition) is 4. The zero-order chi connectivity index (χ0) is 12.5. The van der Waals surface area contributed by atoms with E-state index in [1.54, 1.807) is 7.11 Å². The van der Waals surface area contributed by atoms with Crippen molar-refractivity contribution < 1.29 is 14.3 Å². The summed E-state index contributed by atoms with van der Waals surface area (Å²) < 4.78 is 9.97. The number of carbonyl (C=O) groups is 1. The number of methoxy groups -OCH3 is 1. The van der Waals surface area contributed by atoms with Gasteiger partial charge in [-0.15, -0.1) is 0 Å².